The van der Waals surface area contributed by atoms with Crippen molar-refractivity contribution in [2.45, 2.75) is 90.0 Å². The molecule has 3 rings (SSSR count). The van der Waals surface area contributed by atoms with Crippen LogP contribution in [0.3, 0.4) is 0 Å². The van der Waals surface area contributed by atoms with Crippen molar-refractivity contribution in [3.05, 3.63) is 0 Å². The minimum absolute atomic E-state index is 0.0832. The molecule has 122 valence electrons. The fourth-order valence-corrected chi connectivity index (χ4v) is 3.71. The van der Waals surface area contributed by atoms with Gasteiger partial charge in [-0.1, -0.05) is 39.5 Å². The average molecular weight is 297 g/mol. The molecule has 21 heavy (non-hydrogen) atoms. The molecule has 2 bridgehead atoms. The van der Waals surface area contributed by atoms with E-state index in [4.69, 9.17) is 4.74 Å². The molecule has 5 atom stereocenters. The molecule has 4 nitrogen and oxygen atoms in total. The maximum Gasteiger partial charge on any atom is 0.310 e. The lowest BCUT2D eigenvalue weighted by atomic mass is 9.73. The summed E-state index contributed by atoms with van der Waals surface area (Å²) in [7, 11) is 0. The first kappa shape index (κ1) is 16.8. The Labute approximate surface area is 128 Å². The van der Waals surface area contributed by atoms with Crippen LogP contribution in [0, 0.1) is 11.8 Å². The van der Waals surface area contributed by atoms with Crippen LogP contribution in [-0.2, 0) is 9.53 Å². The van der Waals surface area contributed by atoms with E-state index in [9.17, 15) is 9.90 Å². The summed E-state index contributed by atoms with van der Waals surface area (Å²) < 4.78 is 5.77. The van der Waals surface area contributed by atoms with E-state index in [-0.39, 0.29) is 11.9 Å². The third kappa shape index (κ3) is 3.78. The first-order valence-electron chi connectivity index (χ1n) is 8.67. The second-order valence-corrected chi connectivity index (χ2v) is 7.04. The molecule has 0 aromatic carbocycles. The van der Waals surface area contributed by atoms with Gasteiger partial charge in [0.25, 0.3) is 0 Å². The van der Waals surface area contributed by atoms with E-state index >= 15 is 0 Å². The zero-order chi connectivity index (χ0) is 15.5. The number of hydrogen-bond donors (Lipinski definition) is 2. The molecule has 2 N–H and O–H groups in total. The lowest BCUT2D eigenvalue weighted by molar-refractivity contribution is -0.213. The number of unbranched alkanes of at least 4 members (excludes halogenated alkanes) is 3. The highest BCUT2D eigenvalue weighted by Gasteiger charge is 2.53. The highest BCUT2D eigenvalue weighted by atomic mass is 16.6. The lowest BCUT2D eigenvalue weighted by Gasteiger charge is -2.52. The minimum atomic E-state index is -0.830. The van der Waals surface area contributed by atoms with Gasteiger partial charge in [-0.15, -0.1) is 0 Å². The highest BCUT2D eigenvalue weighted by Crippen LogP contribution is 2.41. The van der Waals surface area contributed by atoms with Gasteiger partial charge in [0.05, 0.1) is 5.92 Å². The third-order valence-corrected chi connectivity index (χ3v) is 5.31. The standard InChI is InChI=1S/C17H31NO3/c1-4-5-6-7-8-12(2)16(20)21-17-10-9-14(11-15(17)19)13(3)18-17/h12-15,18-19H,4-11H2,1-3H3/t12?,13-,14-,15+,17+/m1/s1. The molecule has 0 radical (unpaired) electrons. The second-order valence-electron chi connectivity index (χ2n) is 7.04. The van der Waals surface area contributed by atoms with Gasteiger partial charge in [0.1, 0.15) is 6.10 Å². The van der Waals surface area contributed by atoms with Crippen molar-refractivity contribution in [1.82, 2.24) is 5.32 Å². The topological polar surface area (TPSA) is 58.6 Å². The quantitative estimate of drug-likeness (QED) is 0.560. The molecule has 1 aliphatic carbocycles. The Bertz CT molecular complexity index is 360. The van der Waals surface area contributed by atoms with E-state index in [1.165, 1.54) is 19.3 Å². The van der Waals surface area contributed by atoms with Gasteiger partial charge in [-0.3, -0.25) is 10.1 Å². The summed E-state index contributed by atoms with van der Waals surface area (Å²) in [4.78, 5) is 12.3. The molecule has 4 heteroatoms. The van der Waals surface area contributed by atoms with Crippen LogP contribution in [0.5, 0.6) is 0 Å². The average Bonchev–Trinajstić information content (AvgIpc) is 2.45. The minimum Gasteiger partial charge on any atom is -0.441 e. The van der Waals surface area contributed by atoms with Gasteiger partial charge in [0.15, 0.2) is 5.72 Å². The molecule has 0 aromatic heterocycles. The van der Waals surface area contributed by atoms with Crippen LogP contribution in [0.15, 0.2) is 0 Å². The highest BCUT2D eigenvalue weighted by molar-refractivity contribution is 5.72. The van der Waals surface area contributed by atoms with Crippen molar-refractivity contribution in [3.8, 4) is 0 Å². The van der Waals surface area contributed by atoms with E-state index < -0.39 is 11.8 Å². The van der Waals surface area contributed by atoms with Crippen molar-refractivity contribution in [2.75, 3.05) is 0 Å². The second kappa shape index (κ2) is 7.10. The number of ether oxygens (including phenoxy) is 1. The SMILES string of the molecule is CCCCCCC(C)C(=O)O[C@@]12CC[C@H](C[C@@H]1O)[C@@H](C)N2. The van der Waals surface area contributed by atoms with Crippen LogP contribution in [0.1, 0.15) is 72.1 Å². The number of fused-ring (bicyclic) bond motifs is 3. The Hall–Kier alpha value is -0.610. The number of rotatable bonds is 7. The molecule has 0 aromatic rings. The summed E-state index contributed by atoms with van der Waals surface area (Å²) >= 11 is 0. The Morgan fingerprint density at radius 2 is 2.19 bits per heavy atom. The monoisotopic (exact) mass is 297 g/mol. The molecule has 0 amide bonds. The van der Waals surface area contributed by atoms with Crippen molar-refractivity contribution in [3.63, 3.8) is 0 Å². The Balaban J connectivity index is 1.85. The van der Waals surface area contributed by atoms with Gasteiger partial charge in [-0.25, -0.2) is 0 Å². The number of aliphatic hydroxyl groups excluding tert-OH is 1. The van der Waals surface area contributed by atoms with E-state index in [1.54, 1.807) is 0 Å². The van der Waals surface area contributed by atoms with Crippen molar-refractivity contribution < 1.29 is 14.6 Å². The maximum absolute atomic E-state index is 12.3. The Morgan fingerprint density at radius 3 is 2.81 bits per heavy atom. The Kier molecular flexibility index (Phi) is 5.67. The summed E-state index contributed by atoms with van der Waals surface area (Å²) in [6.07, 6.45) is 7.51. The lowest BCUT2D eigenvalue weighted by Crippen LogP contribution is -2.69. The fraction of sp³-hybridized carbons (Fsp3) is 0.941. The molecule has 2 aliphatic heterocycles. The van der Waals surface area contributed by atoms with Crippen LogP contribution in [0.2, 0.25) is 0 Å². The van der Waals surface area contributed by atoms with E-state index in [0.29, 0.717) is 12.0 Å². The molecule has 2 saturated heterocycles. The fourth-order valence-electron chi connectivity index (χ4n) is 3.71. The van der Waals surface area contributed by atoms with Crippen LogP contribution in [0.4, 0.5) is 0 Å². The van der Waals surface area contributed by atoms with Crippen LogP contribution in [0.25, 0.3) is 0 Å². The normalized spacial score (nSPS) is 36.5. The molecule has 1 saturated carbocycles. The number of aliphatic hydroxyl groups is 1. The van der Waals surface area contributed by atoms with Gasteiger partial charge in [-0.2, -0.15) is 0 Å². The third-order valence-electron chi connectivity index (χ3n) is 5.31. The van der Waals surface area contributed by atoms with Crippen LogP contribution < -0.4 is 5.32 Å². The largest absolute Gasteiger partial charge is 0.441 e. The van der Waals surface area contributed by atoms with Gasteiger partial charge >= 0.3 is 5.97 Å². The molecule has 3 aliphatic rings. The Morgan fingerprint density at radius 1 is 1.43 bits per heavy atom. The smallest absolute Gasteiger partial charge is 0.310 e. The van der Waals surface area contributed by atoms with E-state index in [0.717, 1.165) is 32.1 Å². The predicted octanol–water partition coefficient (Wildman–Crippen LogP) is 2.99. The zero-order valence-corrected chi connectivity index (χ0v) is 13.7. The molecule has 2 heterocycles. The first-order valence-corrected chi connectivity index (χ1v) is 8.67. The number of piperidine rings is 2. The number of carbonyl (C=O) groups is 1. The predicted molar refractivity (Wildman–Crippen MR) is 82.7 cm³/mol. The maximum atomic E-state index is 12.3. The summed E-state index contributed by atoms with van der Waals surface area (Å²) in [5.74, 6) is 0.262. The molecule has 3 fully saturated rings. The van der Waals surface area contributed by atoms with Gasteiger partial charge in [0, 0.05) is 12.5 Å². The van der Waals surface area contributed by atoms with Crippen molar-refractivity contribution >= 4 is 5.97 Å². The first-order chi connectivity index (χ1) is 9.98. The summed E-state index contributed by atoms with van der Waals surface area (Å²) in [6.45, 7) is 6.24. The number of carbonyl (C=O) groups excluding carboxylic acids is 1. The van der Waals surface area contributed by atoms with E-state index in [2.05, 4.69) is 19.2 Å². The van der Waals surface area contributed by atoms with Gasteiger partial charge in [-0.05, 0) is 32.1 Å². The summed E-state index contributed by atoms with van der Waals surface area (Å²) in [5, 5.41) is 13.7. The molecular formula is C17H31NO3. The molecular weight excluding hydrogens is 266 g/mol. The summed E-state index contributed by atoms with van der Waals surface area (Å²) in [6, 6.07) is 0.315. The molecule has 0 spiro atoms. The van der Waals surface area contributed by atoms with Crippen LogP contribution in [-0.4, -0.2) is 28.9 Å². The van der Waals surface area contributed by atoms with E-state index in [1.807, 2.05) is 6.92 Å². The van der Waals surface area contributed by atoms with Crippen molar-refractivity contribution in [1.29, 1.82) is 0 Å². The van der Waals surface area contributed by atoms with Gasteiger partial charge < -0.3 is 9.84 Å². The van der Waals surface area contributed by atoms with Crippen LogP contribution >= 0.6 is 0 Å². The van der Waals surface area contributed by atoms with Crippen molar-refractivity contribution in [2.24, 2.45) is 11.8 Å². The summed E-state index contributed by atoms with van der Waals surface area (Å²) in [5.41, 5.74) is -0.830. The van der Waals surface area contributed by atoms with Gasteiger partial charge in [0.2, 0.25) is 0 Å². The number of hydrogen-bond acceptors (Lipinski definition) is 4. The number of esters is 1. The molecule has 1 unspecified atom stereocenters. The number of nitrogens with one attached hydrogen (secondary N) is 1. The zero-order valence-electron chi connectivity index (χ0n) is 13.7.